The van der Waals surface area contributed by atoms with Crippen LogP contribution in [0.1, 0.15) is 15.9 Å². The number of benzene rings is 2. The van der Waals surface area contributed by atoms with Gasteiger partial charge in [0, 0.05) is 10.7 Å². The van der Waals surface area contributed by atoms with Gasteiger partial charge in [-0.2, -0.15) is 0 Å². The van der Waals surface area contributed by atoms with Gasteiger partial charge >= 0.3 is 0 Å². The Labute approximate surface area is 110 Å². The minimum Gasteiger partial charge on any atom is -0.507 e. The van der Waals surface area contributed by atoms with E-state index in [-0.39, 0.29) is 17.2 Å². The average Bonchev–Trinajstić information content (AvgIpc) is 2.35. The fourth-order valence-corrected chi connectivity index (χ4v) is 1.77. The number of amides is 1. The molecule has 0 atom stereocenters. The van der Waals surface area contributed by atoms with Crippen molar-refractivity contribution in [2.45, 2.75) is 6.92 Å². The average molecular weight is 262 g/mol. The number of halogens is 1. The number of para-hydroxylation sites is 1. The second-order valence-electron chi connectivity index (χ2n) is 3.93. The van der Waals surface area contributed by atoms with Crippen molar-refractivity contribution in [2.75, 3.05) is 5.32 Å². The van der Waals surface area contributed by atoms with Gasteiger partial charge in [0.05, 0.1) is 5.56 Å². The summed E-state index contributed by atoms with van der Waals surface area (Å²) in [5, 5.41) is 12.8. The summed E-state index contributed by atoms with van der Waals surface area (Å²) >= 11 is 5.80. The summed E-state index contributed by atoms with van der Waals surface area (Å²) < 4.78 is 0. The van der Waals surface area contributed by atoms with Crippen LogP contribution >= 0.6 is 11.6 Å². The highest BCUT2D eigenvalue weighted by molar-refractivity contribution is 6.31. The second kappa shape index (κ2) is 5.10. The van der Waals surface area contributed by atoms with Gasteiger partial charge in [0.1, 0.15) is 5.75 Å². The molecule has 2 N–H and O–H groups in total. The molecule has 0 saturated heterocycles. The van der Waals surface area contributed by atoms with Gasteiger partial charge in [0.25, 0.3) is 5.91 Å². The molecule has 3 nitrogen and oxygen atoms in total. The van der Waals surface area contributed by atoms with Gasteiger partial charge in [0.2, 0.25) is 0 Å². The van der Waals surface area contributed by atoms with E-state index in [1.165, 1.54) is 18.2 Å². The van der Waals surface area contributed by atoms with Crippen LogP contribution in [0.4, 0.5) is 5.69 Å². The molecule has 0 saturated carbocycles. The summed E-state index contributed by atoms with van der Waals surface area (Å²) in [6.45, 7) is 1.90. The standard InChI is InChI=1S/C14H12ClNO2/c1-9-4-2-3-5-12(9)16-14(18)11-8-10(15)6-7-13(11)17/h2-8,17H,1H3,(H,16,18). The van der Waals surface area contributed by atoms with E-state index >= 15 is 0 Å². The lowest BCUT2D eigenvalue weighted by molar-refractivity contribution is 0.102. The summed E-state index contributed by atoms with van der Waals surface area (Å²) in [5.74, 6) is -0.477. The zero-order chi connectivity index (χ0) is 13.1. The number of phenolic OH excluding ortho intramolecular Hbond substituents is 1. The fraction of sp³-hybridized carbons (Fsp3) is 0.0714. The Morgan fingerprint density at radius 1 is 1.22 bits per heavy atom. The number of phenols is 1. The molecule has 0 heterocycles. The Balaban J connectivity index is 2.28. The van der Waals surface area contributed by atoms with Crippen LogP contribution in [0, 0.1) is 6.92 Å². The summed E-state index contributed by atoms with van der Waals surface area (Å²) in [4.78, 5) is 12.0. The van der Waals surface area contributed by atoms with Crippen molar-refractivity contribution in [3.8, 4) is 5.75 Å². The van der Waals surface area contributed by atoms with Crippen LogP contribution in [-0.4, -0.2) is 11.0 Å². The molecule has 0 fully saturated rings. The molecule has 2 aromatic rings. The summed E-state index contributed by atoms with van der Waals surface area (Å²) in [6.07, 6.45) is 0. The van der Waals surface area contributed by atoms with Crippen molar-refractivity contribution in [3.05, 3.63) is 58.6 Å². The number of aromatic hydroxyl groups is 1. The van der Waals surface area contributed by atoms with E-state index in [9.17, 15) is 9.90 Å². The van der Waals surface area contributed by atoms with Crippen molar-refractivity contribution < 1.29 is 9.90 Å². The van der Waals surface area contributed by atoms with Crippen LogP contribution in [0.3, 0.4) is 0 Å². The topological polar surface area (TPSA) is 49.3 Å². The summed E-state index contributed by atoms with van der Waals surface area (Å²) in [7, 11) is 0. The first kappa shape index (κ1) is 12.5. The number of rotatable bonds is 2. The summed E-state index contributed by atoms with van der Waals surface area (Å²) in [5.41, 5.74) is 1.82. The van der Waals surface area contributed by atoms with Crippen LogP contribution < -0.4 is 5.32 Å². The predicted molar refractivity (Wildman–Crippen MR) is 72.2 cm³/mol. The smallest absolute Gasteiger partial charge is 0.259 e. The minimum atomic E-state index is -0.385. The predicted octanol–water partition coefficient (Wildman–Crippen LogP) is 3.61. The van der Waals surface area contributed by atoms with Crippen molar-refractivity contribution in [1.82, 2.24) is 0 Å². The number of anilines is 1. The Kier molecular flexibility index (Phi) is 3.53. The van der Waals surface area contributed by atoms with Crippen molar-refractivity contribution in [3.63, 3.8) is 0 Å². The quantitative estimate of drug-likeness (QED) is 0.868. The normalized spacial score (nSPS) is 10.1. The first-order valence-electron chi connectivity index (χ1n) is 5.43. The van der Waals surface area contributed by atoms with Gasteiger partial charge in [-0.05, 0) is 36.8 Å². The lowest BCUT2D eigenvalue weighted by atomic mass is 10.1. The van der Waals surface area contributed by atoms with E-state index in [1.54, 1.807) is 6.07 Å². The lowest BCUT2D eigenvalue weighted by Crippen LogP contribution is -2.12. The Morgan fingerprint density at radius 2 is 1.94 bits per heavy atom. The number of hydrogen-bond donors (Lipinski definition) is 2. The van der Waals surface area contributed by atoms with Crippen LogP contribution in [0.5, 0.6) is 5.75 Å². The third-order valence-corrected chi connectivity index (χ3v) is 2.83. The van der Waals surface area contributed by atoms with Gasteiger partial charge in [-0.1, -0.05) is 29.8 Å². The lowest BCUT2D eigenvalue weighted by Gasteiger charge is -2.09. The maximum atomic E-state index is 12.0. The molecular formula is C14H12ClNO2. The van der Waals surface area contributed by atoms with Crippen LogP contribution in [0.2, 0.25) is 5.02 Å². The second-order valence-corrected chi connectivity index (χ2v) is 4.37. The zero-order valence-electron chi connectivity index (χ0n) is 9.77. The minimum absolute atomic E-state index is 0.0921. The van der Waals surface area contributed by atoms with Crippen molar-refractivity contribution >= 4 is 23.2 Å². The highest BCUT2D eigenvalue weighted by Crippen LogP contribution is 2.23. The molecule has 0 unspecified atom stereocenters. The van der Waals surface area contributed by atoms with E-state index < -0.39 is 0 Å². The molecule has 0 aromatic heterocycles. The largest absolute Gasteiger partial charge is 0.507 e. The molecular weight excluding hydrogens is 250 g/mol. The van der Waals surface area contributed by atoms with Gasteiger partial charge in [0.15, 0.2) is 0 Å². The number of carbonyl (C=O) groups excluding carboxylic acids is 1. The van der Waals surface area contributed by atoms with E-state index in [0.29, 0.717) is 10.7 Å². The third kappa shape index (κ3) is 2.63. The maximum Gasteiger partial charge on any atom is 0.259 e. The van der Waals surface area contributed by atoms with Crippen molar-refractivity contribution in [1.29, 1.82) is 0 Å². The SMILES string of the molecule is Cc1ccccc1NC(=O)c1cc(Cl)ccc1O. The molecule has 92 valence electrons. The van der Waals surface area contributed by atoms with Gasteiger partial charge in [-0.25, -0.2) is 0 Å². The molecule has 2 rings (SSSR count). The number of nitrogens with one attached hydrogen (secondary N) is 1. The Morgan fingerprint density at radius 3 is 2.67 bits per heavy atom. The van der Waals surface area contributed by atoms with Gasteiger partial charge in [-0.3, -0.25) is 4.79 Å². The molecule has 0 aliphatic carbocycles. The molecule has 18 heavy (non-hydrogen) atoms. The molecule has 0 spiro atoms. The summed E-state index contributed by atoms with van der Waals surface area (Å²) in [6, 6.07) is 11.8. The van der Waals surface area contributed by atoms with E-state index in [2.05, 4.69) is 5.32 Å². The van der Waals surface area contributed by atoms with Crippen molar-refractivity contribution in [2.24, 2.45) is 0 Å². The van der Waals surface area contributed by atoms with Gasteiger partial charge < -0.3 is 10.4 Å². The zero-order valence-corrected chi connectivity index (χ0v) is 10.5. The Bertz CT molecular complexity index is 596. The first-order valence-corrected chi connectivity index (χ1v) is 5.81. The maximum absolute atomic E-state index is 12.0. The van der Waals surface area contributed by atoms with E-state index in [0.717, 1.165) is 5.56 Å². The molecule has 2 aromatic carbocycles. The highest BCUT2D eigenvalue weighted by atomic mass is 35.5. The highest BCUT2D eigenvalue weighted by Gasteiger charge is 2.12. The molecule has 0 bridgehead atoms. The number of aryl methyl sites for hydroxylation is 1. The molecule has 0 aliphatic rings. The van der Waals surface area contributed by atoms with Crippen LogP contribution in [0.15, 0.2) is 42.5 Å². The van der Waals surface area contributed by atoms with E-state index in [1.807, 2.05) is 25.1 Å². The van der Waals surface area contributed by atoms with Gasteiger partial charge in [-0.15, -0.1) is 0 Å². The fourth-order valence-electron chi connectivity index (χ4n) is 1.59. The van der Waals surface area contributed by atoms with Crippen LogP contribution in [-0.2, 0) is 0 Å². The van der Waals surface area contributed by atoms with Crippen LogP contribution in [0.25, 0.3) is 0 Å². The molecule has 0 aliphatic heterocycles. The molecule has 4 heteroatoms. The molecule has 0 radical (unpaired) electrons. The first-order chi connectivity index (χ1) is 8.58. The Hall–Kier alpha value is -2.00. The number of hydrogen-bond acceptors (Lipinski definition) is 2. The number of carbonyl (C=O) groups is 1. The monoisotopic (exact) mass is 261 g/mol. The molecule has 1 amide bonds. The van der Waals surface area contributed by atoms with E-state index in [4.69, 9.17) is 11.6 Å². The third-order valence-electron chi connectivity index (χ3n) is 2.60.